The van der Waals surface area contributed by atoms with E-state index < -0.39 is 0 Å². The lowest BCUT2D eigenvalue weighted by Gasteiger charge is -2.09. The number of nitrogens with one attached hydrogen (secondary N) is 1. The van der Waals surface area contributed by atoms with Crippen LogP contribution in [-0.2, 0) is 0 Å². The summed E-state index contributed by atoms with van der Waals surface area (Å²) in [5, 5.41) is 13.0. The number of anilines is 1. The van der Waals surface area contributed by atoms with Crippen molar-refractivity contribution in [2.75, 3.05) is 5.43 Å². The van der Waals surface area contributed by atoms with E-state index >= 15 is 0 Å². The fraction of sp³-hybridized carbons (Fsp3) is 0. The lowest BCUT2D eigenvalue weighted by Crippen LogP contribution is -2.19. The maximum atomic E-state index is 12.9. The Hall–Kier alpha value is -3.58. The quantitative estimate of drug-likeness (QED) is 0.226. The minimum absolute atomic E-state index is 0.202. The summed E-state index contributed by atoms with van der Waals surface area (Å²) in [4.78, 5) is 18.6. The molecule has 1 N–H and O–H groups in total. The molecule has 3 aromatic heterocycles. The summed E-state index contributed by atoms with van der Waals surface area (Å²) in [6, 6.07) is 18.9. The van der Waals surface area contributed by atoms with Gasteiger partial charge in [-0.3, -0.25) is 10.2 Å². The standard InChI is InChI=1S/C20H13N5OS/c26-20-16-9-3-4-10-17(16)22-19-15-8-2-1-7-14(15)18(24-25(19)20)23-21-12-13-6-5-11-27-13/h1-12H,(H,23,24)/b21-12-. The van der Waals surface area contributed by atoms with E-state index in [9.17, 15) is 4.79 Å². The molecule has 0 aliphatic carbocycles. The zero-order valence-corrected chi connectivity index (χ0v) is 14.9. The first kappa shape index (κ1) is 15.7. The fourth-order valence-electron chi connectivity index (χ4n) is 3.03. The number of fused-ring (bicyclic) bond motifs is 4. The number of thiophene rings is 1. The van der Waals surface area contributed by atoms with Gasteiger partial charge in [-0.2, -0.15) is 9.62 Å². The van der Waals surface area contributed by atoms with Crippen molar-refractivity contribution < 1.29 is 0 Å². The summed E-state index contributed by atoms with van der Waals surface area (Å²) in [7, 11) is 0. The van der Waals surface area contributed by atoms with E-state index in [1.165, 1.54) is 4.52 Å². The highest BCUT2D eigenvalue weighted by Crippen LogP contribution is 2.24. The summed E-state index contributed by atoms with van der Waals surface area (Å²) in [5.41, 5.74) is 3.96. The van der Waals surface area contributed by atoms with E-state index in [2.05, 4.69) is 20.6 Å². The van der Waals surface area contributed by atoms with Crippen LogP contribution >= 0.6 is 11.3 Å². The van der Waals surface area contributed by atoms with Gasteiger partial charge in [0, 0.05) is 15.6 Å². The largest absolute Gasteiger partial charge is 0.282 e. The predicted molar refractivity (Wildman–Crippen MR) is 110 cm³/mol. The Balaban J connectivity index is 1.76. The first-order chi connectivity index (χ1) is 13.3. The molecule has 0 saturated carbocycles. The van der Waals surface area contributed by atoms with Gasteiger partial charge in [0.25, 0.3) is 5.56 Å². The van der Waals surface area contributed by atoms with Gasteiger partial charge in [-0.25, -0.2) is 4.98 Å². The molecule has 0 amide bonds. The van der Waals surface area contributed by atoms with Gasteiger partial charge in [0.05, 0.1) is 17.1 Å². The molecule has 0 aliphatic rings. The van der Waals surface area contributed by atoms with Crippen LogP contribution in [0.4, 0.5) is 5.82 Å². The topological polar surface area (TPSA) is 71.7 Å². The number of hydrogen-bond acceptors (Lipinski definition) is 6. The van der Waals surface area contributed by atoms with Gasteiger partial charge >= 0.3 is 0 Å². The Morgan fingerprint density at radius 2 is 1.74 bits per heavy atom. The van der Waals surface area contributed by atoms with Crippen LogP contribution in [0.25, 0.3) is 27.3 Å². The normalized spacial score (nSPS) is 11.7. The molecule has 6 nitrogen and oxygen atoms in total. The molecule has 0 bridgehead atoms. The van der Waals surface area contributed by atoms with Crippen molar-refractivity contribution in [1.82, 2.24) is 14.6 Å². The first-order valence-electron chi connectivity index (χ1n) is 8.34. The highest BCUT2D eigenvalue weighted by molar-refractivity contribution is 7.11. The van der Waals surface area contributed by atoms with E-state index in [0.717, 1.165) is 15.6 Å². The third kappa shape index (κ3) is 2.65. The first-order valence-corrected chi connectivity index (χ1v) is 9.22. The number of hydrogen-bond donors (Lipinski definition) is 1. The van der Waals surface area contributed by atoms with E-state index in [4.69, 9.17) is 0 Å². The molecule has 0 atom stereocenters. The average Bonchev–Trinajstić information content (AvgIpc) is 3.22. The van der Waals surface area contributed by atoms with Gasteiger partial charge in [-0.05, 0) is 23.6 Å². The number of benzene rings is 2. The second-order valence-corrected chi connectivity index (χ2v) is 6.93. The molecule has 7 heteroatoms. The van der Waals surface area contributed by atoms with E-state index in [-0.39, 0.29) is 5.56 Å². The van der Waals surface area contributed by atoms with Crippen LogP contribution in [0.1, 0.15) is 4.88 Å². The number of hydrazone groups is 1. The van der Waals surface area contributed by atoms with Crippen LogP contribution in [0, 0.1) is 0 Å². The molecule has 0 fully saturated rings. The molecule has 5 rings (SSSR count). The Bertz CT molecular complexity index is 1370. The second-order valence-electron chi connectivity index (χ2n) is 5.95. The molecule has 0 spiro atoms. The third-order valence-electron chi connectivity index (χ3n) is 4.28. The summed E-state index contributed by atoms with van der Waals surface area (Å²) in [6.45, 7) is 0. The number of aromatic nitrogens is 3. The molecule has 5 aromatic rings. The molecule has 0 saturated heterocycles. The van der Waals surface area contributed by atoms with Crippen molar-refractivity contribution in [2.45, 2.75) is 0 Å². The van der Waals surface area contributed by atoms with Crippen molar-refractivity contribution in [1.29, 1.82) is 0 Å². The van der Waals surface area contributed by atoms with Crippen LogP contribution in [0.15, 0.2) is 75.9 Å². The van der Waals surface area contributed by atoms with E-state index in [1.807, 2.05) is 60.0 Å². The molecule has 27 heavy (non-hydrogen) atoms. The molecular formula is C20H13N5OS. The maximum absolute atomic E-state index is 12.9. The van der Waals surface area contributed by atoms with Gasteiger partial charge in [-0.1, -0.05) is 42.5 Å². The molecule has 0 radical (unpaired) electrons. The molecule has 2 aromatic carbocycles. The van der Waals surface area contributed by atoms with Crippen LogP contribution in [-0.4, -0.2) is 20.8 Å². The Kier molecular flexibility index (Phi) is 3.65. The summed E-state index contributed by atoms with van der Waals surface area (Å²) < 4.78 is 1.34. The molecule has 3 heterocycles. The van der Waals surface area contributed by atoms with Crippen molar-refractivity contribution in [3.05, 3.63) is 81.3 Å². The van der Waals surface area contributed by atoms with E-state index in [0.29, 0.717) is 22.4 Å². The van der Waals surface area contributed by atoms with Gasteiger partial charge in [0.2, 0.25) is 0 Å². The van der Waals surface area contributed by atoms with Gasteiger partial charge in [-0.15, -0.1) is 16.4 Å². The number of nitrogens with zero attached hydrogens (tertiary/aromatic N) is 4. The van der Waals surface area contributed by atoms with Crippen LogP contribution in [0.5, 0.6) is 0 Å². The Labute approximate surface area is 157 Å². The highest BCUT2D eigenvalue weighted by Gasteiger charge is 2.12. The molecule has 130 valence electrons. The van der Waals surface area contributed by atoms with Crippen LogP contribution in [0.2, 0.25) is 0 Å². The van der Waals surface area contributed by atoms with Crippen molar-refractivity contribution in [2.24, 2.45) is 5.10 Å². The SMILES string of the molecule is O=c1c2ccccc2nc2c3ccccc3c(N/N=C\c3cccs3)nn12. The lowest BCUT2D eigenvalue weighted by molar-refractivity contribution is 0.892. The summed E-state index contributed by atoms with van der Waals surface area (Å²) in [5.74, 6) is 0.505. The van der Waals surface area contributed by atoms with Crippen LogP contribution < -0.4 is 11.0 Å². The second kappa shape index (κ2) is 6.30. The number of para-hydroxylation sites is 1. The molecular weight excluding hydrogens is 358 g/mol. The maximum Gasteiger partial charge on any atom is 0.282 e. The smallest absolute Gasteiger partial charge is 0.267 e. The third-order valence-corrected chi connectivity index (χ3v) is 5.09. The van der Waals surface area contributed by atoms with Gasteiger partial charge in [0.15, 0.2) is 11.5 Å². The van der Waals surface area contributed by atoms with E-state index in [1.54, 1.807) is 23.6 Å². The average molecular weight is 371 g/mol. The zero-order valence-electron chi connectivity index (χ0n) is 14.0. The van der Waals surface area contributed by atoms with Crippen molar-refractivity contribution in [3.63, 3.8) is 0 Å². The van der Waals surface area contributed by atoms with Gasteiger partial charge in [0.1, 0.15) is 0 Å². The van der Waals surface area contributed by atoms with Gasteiger partial charge < -0.3 is 0 Å². The summed E-state index contributed by atoms with van der Waals surface area (Å²) >= 11 is 1.59. The summed E-state index contributed by atoms with van der Waals surface area (Å²) in [6.07, 6.45) is 1.73. The van der Waals surface area contributed by atoms with Crippen LogP contribution in [0.3, 0.4) is 0 Å². The zero-order chi connectivity index (χ0) is 18.2. The van der Waals surface area contributed by atoms with Crippen molar-refractivity contribution >= 4 is 50.7 Å². The Morgan fingerprint density at radius 3 is 2.56 bits per heavy atom. The Morgan fingerprint density at radius 1 is 0.963 bits per heavy atom. The monoisotopic (exact) mass is 371 g/mol. The lowest BCUT2D eigenvalue weighted by atomic mass is 10.1. The highest BCUT2D eigenvalue weighted by atomic mass is 32.1. The molecule has 0 unspecified atom stereocenters. The minimum atomic E-state index is -0.202. The molecule has 0 aliphatic heterocycles. The predicted octanol–water partition coefficient (Wildman–Crippen LogP) is 3.90. The fourth-order valence-corrected chi connectivity index (χ4v) is 3.62. The minimum Gasteiger partial charge on any atom is -0.267 e. The van der Waals surface area contributed by atoms with Crippen molar-refractivity contribution in [3.8, 4) is 0 Å². The number of rotatable bonds is 3.